The van der Waals surface area contributed by atoms with Crippen molar-refractivity contribution in [3.05, 3.63) is 0 Å². The maximum atomic E-state index is 13.0. The van der Waals surface area contributed by atoms with Crippen molar-refractivity contribution in [3.8, 4) is 0 Å². The van der Waals surface area contributed by atoms with Gasteiger partial charge in [0.2, 0.25) is 11.8 Å². The lowest BCUT2D eigenvalue weighted by Gasteiger charge is -2.42. The van der Waals surface area contributed by atoms with Crippen molar-refractivity contribution in [2.24, 2.45) is 5.41 Å². The topological polar surface area (TPSA) is 70.7 Å². The lowest BCUT2D eigenvalue weighted by atomic mass is 9.79. The molecule has 2 N–H and O–H groups in total. The van der Waals surface area contributed by atoms with Crippen LogP contribution in [0.5, 0.6) is 0 Å². The van der Waals surface area contributed by atoms with Crippen molar-refractivity contribution in [2.45, 2.75) is 44.7 Å². The van der Waals surface area contributed by atoms with Crippen LogP contribution in [0.25, 0.3) is 0 Å². The Morgan fingerprint density at radius 2 is 2.00 bits per heavy atom. The van der Waals surface area contributed by atoms with Crippen LogP contribution in [0.15, 0.2) is 0 Å². The second kappa shape index (κ2) is 5.93. The average molecular weight is 295 g/mol. The SMILES string of the molecule is CC1(C(=O)N2CCOCC2C(=O)NC2CC2)CCNCC1. The molecule has 2 aliphatic heterocycles. The first-order chi connectivity index (χ1) is 10.1. The maximum absolute atomic E-state index is 13.0. The monoisotopic (exact) mass is 295 g/mol. The summed E-state index contributed by atoms with van der Waals surface area (Å²) in [4.78, 5) is 27.1. The zero-order chi connectivity index (χ0) is 14.9. The predicted octanol–water partition coefficient (Wildman–Crippen LogP) is -0.118. The number of piperidine rings is 1. The van der Waals surface area contributed by atoms with E-state index in [1.807, 2.05) is 6.92 Å². The molecule has 0 aromatic rings. The Morgan fingerprint density at radius 1 is 1.29 bits per heavy atom. The van der Waals surface area contributed by atoms with E-state index in [9.17, 15) is 9.59 Å². The highest BCUT2D eigenvalue weighted by Gasteiger charge is 2.43. The van der Waals surface area contributed by atoms with Gasteiger partial charge in [-0.15, -0.1) is 0 Å². The minimum atomic E-state index is -0.460. The summed E-state index contributed by atoms with van der Waals surface area (Å²) in [5.74, 6) is 0.0614. The molecule has 0 bridgehead atoms. The van der Waals surface area contributed by atoms with Gasteiger partial charge in [0.1, 0.15) is 6.04 Å². The summed E-state index contributed by atoms with van der Waals surface area (Å²) in [6, 6.07) is -0.149. The molecule has 1 aliphatic carbocycles. The van der Waals surface area contributed by atoms with E-state index < -0.39 is 6.04 Å². The molecule has 3 fully saturated rings. The molecule has 1 saturated carbocycles. The standard InChI is InChI=1S/C15H25N3O3/c1-15(4-6-16-7-5-15)14(20)18-8-9-21-10-12(18)13(19)17-11-2-3-11/h11-12,16H,2-10H2,1H3,(H,17,19). The second-order valence-corrected chi connectivity index (χ2v) is 6.68. The van der Waals surface area contributed by atoms with Gasteiger partial charge in [0, 0.05) is 18.0 Å². The second-order valence-electron chi connectivity index (χ2n) is 6.68. The third kappa shape index (κ3) is 3.21. The van der Waals surface area contributed by atoms with Gasteiger partial charge in [0.25, 0.3) is 0 Å². The summed E-state index contributed by atoms with van der Waals surface area (Å²) < 4.78 is 5.44. The molecular formula is C15H25N3O3. The highest BCUT2D eigenvalue weighted by atomic mass is 16.5. The molecule has 1 atom stereocenters. The van der Waals surface area contributed by atoms with Crippen LogP contribution in [0, 0.1) is 5.41 Å². The van der Waals surface area contributed by atoms with Crippen LogP contribution in [0.4, 0.5) is 0 Å². The summed E-state index contributed by atoms with van der Waals surface area (Å²) in [5, 5.41) is 6.29. The molecule has 21 heavy (non-hydrogen) atoms. The number of hydrogen-bond acceptors (Lipinski definition) is 4. The van der Waals surface area contributed by atoms with E-state index in [4.69, 9.17) is 4.74 Å². The Kier molecular flexibility index (Phi) is 4.17. The Hall–Kier alpha value is -1.14. The highest BCUT2D eigenvalue weighted by molar-refractivity contribution is 5.90. The molecule has 0 aromatic carbocycles. The predicted molar refractivity (Wildman–Crippen MR) is 77.7 cm³/mol. The molecule has 3 aliphatic rings. The first kappa shape index (κ1) is 14.8. The van der Waals surface area contributed by atoms with E-state index in [0.29, 0.717) is 25.8 Å². The first-order valence-electron chi connectivity index (χ1n) is 8.00. The number of rotatable bonds is 3. The van der Waals surface area contributed by atoms with Gasteiger partial charge in [-0.25, -0.2) is 0 Å². The normalized spacial score (nSPS) is 29.0. The van der Waals surface area contributed by atoms with E-state index in [-0.39, 0.29) is 17.2 Å². The van der Waals surface area contributed by atoms with Crippen molar-refractivity contribution >= 4 is 11.8 Å². The molecule has 6 heteroatoms. The number of ether oxygens (including phenoxy) is 1. The van der Waals surface area contributed by atoms with Gasteiger partial charge in [-0.05, 0) is 38.8 Å². The minimum absolute atomic E-state index is 0.0527. The van der Waals surface area contributed by atoms with Crippen molar-refractivity contribution in [1.29, 1.82) is 0 Å². The Bertz CT molecular complexity index is 416. The quantitative estimate of drug-likeness (QED) is 0.762. The van der Waals surface area contributed by atoms with E-state index in [2.05, 4.69) is 10.6 Å². The van der Waals surface area contributed by atoms with E-state index in [0.717, 1.165) is 38.8 Å². The number of amides is 2. The van der Waals surface area contributed by atoms with E-state index >= 15 is 0 Å². The number of nitrogens with zero attached hydrogens (tertiary/aromatic N) is 1. The van der Waals surface area contributed by atoms with Gasteiger partial charge < -0.3 is 20.3 Å². The smallest absolute Gasteiger partial charge is 0.245 e. The largest absolute Gasteiger partial charge is 0.377 e. The van der Waals surface area contributed by atoms with Gasteiger partial charge in [-0.2, -0.15) is 0 Å². The average Bonchev–Trinajstić information content (AvgIpc) is 3.31. The van der Waals surface area contributed by atoms with Crippen molar-refractivity contribution in [1.82, 2.24) is 15.5 Å². The molecule has 3 rings (SSSR count). The molecule has 0 spiro atoms. The van der Waals surface area contributed by atoms with Gasteiger partial charge in [-0.1, -0.05) is 6.92 Å². The van der Waals surface area contributed by atoms with Crippen LogP contribution in [-0.4, -0.2) is 61.6 Å². The molecule has 6 nitrogen and oxygen atoms in total. The number of hydrogen-bond donors (Lipinski definition) is 2. The number of carbonyl (C=O) groups excluding carboxylic acids is 2. The summed E-state index contributed by atoms with van der Waals surface area (Å²) in [7, 11) is 0. The molecular weight excluding hydrogens is 270 g/mol. The van der Waals surface area contributed by atoms with Crippen LogP contribution >= 0.6 is 0 Å². The number of morpholine rings is 1. The maximum Gasteiger partial charge on any atom is 0.245 e. The van der Waals surface area contributed by atoms with Crippen LogP contribution in [0.3, 0.4) is 0 Å². The van der Waals surface area contributed by atoms with Gasteiger partial charge in [-0.3, -0.25) is 9.59 Å². The third-order valence-electron chi connectivity index (χ3n) is 4.84. The molecule has 0 radical (unpaired) electrons. The van der Waals surface area contributed by atoms with Gasteiger partial charge >= 0.3 is 0 Å². The van der Waals surface area contributed by atoms with Crippen molar-refractivity contribution < 1.29 is 14.3 Å². The molecule has 2 amide bonds. The van der Waals surface area contributed by atoms with Crippen LogP contribution in [-0.2, 0) is 14.3 Å². The first-order valence-corrected chi connectivity index (χ1v) is 8.00. The summed E-state index contributed by atoms with van der Waals surface area (Å²) in [6.07, 6.45) is 3.77. The molecule has 118 valence electrons. The van der Waals surface area contributed by atoms with Crippen molar-refractivity contribution in [2.75, 3.05) is 32.8 Å². The van der Waals surface area contributed by atoms with Crippen LogP contribution in [0.2, 0.25) is 0 Å². The van der Waals surface area contributed by atoms with Crippen molar-refractivity contribution in [3.63, 3.8) is 0 Å². The molecule has 1 unspecified atom stereocenters. The van der Waals surface area contributed by atoms with Gasteiger partial charge in [0.05, 0.1) is 13.2 Å². The fourth-order valence-electron chi connectivity index (χ4n) is 3.13. The number of nitrogens with one attached hydrogen (secondary N) is 2. The highest BCUT2D eigenvalue weighted by Crippen LogP contribution is 2.32. The van der Waals surface area contributed by atoms with Crippen LogP contribution < -0.4 is 10.6 Å². The molecule has 2 heterocycles. The lowest BCUT2D eigenvalue weighted by Crippen LogP contribution is -2.60. The molecule has 0 aromatic heterocycles. The van der Waals surface area contributed by atoms with E-state index in [1.165, 1.54) is 0 Å². The van der Waals surface area contributed by atoms with E-state index in [1.54, 1.807) is 4.90 Å². The Labute approximate surface area is 125 Å². The lowest BCUT2D eigenvalue weighted by molar-refractivity contribution is -0.157. The fourth-order valence-corrected chi connectivity index (χ4v) is 3.13. The Morgan fingerprint density at radius 3 is 2.67 bits per heavy atom. The third-order valence-corrected chi connectivity index (χ3v) is 4.84. The van der Waals surface area contributed by atoms with Crippen LogP contribution in [0.1, 0.15) is 32.6 Å². The minimum Gasteiger partial charge on any atom is -0.377 e. The van der Waals surface area contributed by atoms with Gasteiger partial charge in [0.15, 0.2) is 0 Å². The molecule has 2 saturated heterocycles. The zero-order valence-electron chi connectivity index (χ0n) is 12.7. The Balaban J connectivity index is 1.70. The fraction of sp³-hybridized carbons (Fsp3) is 0.867. The summed E-state index contributed by atoms with van der Waals surface area (Å²) in [6.45, 7) is 5.12. The zero-order valence-corrected chi connectivity index (χ0v) is 12.7. The number of carbonyl (C=O) groups is 2. The summed E-state index contributed by atoms with van der Waals surface area (Å²) in [5.41, 5.74) is -0.347. The summed E-state index contributed by atoms with van der Waals surface area (Å²) >= 11 is 0.